The average Bonchev–Trinajstić information content (AvgIpc) is 2.72. The number of hydrogen-bond donors (Lipinski definition) is 2. The predicted octanol–water partition coefficient (Wildman–Crippen LogP) is 1.90. The molecule has 0 fully saturated rings. The minimum atomic E-state index is 0.0598. The zero-order chi connectivity index (χ0) is 14.9. The third-order valence-electron chi connectivity index (χ3n) is 3.29. The molecule has 0 amide bonds. The van der Waals surface area contributed by atoms with Crippen LogP contribution in [0.15, 0.2) is 29.4 Å². The summed E-state index contributed by atoms with van der Waals surface area (Å²) in [6.45, 7) is 3.87. The zero-order valence-electron chi connectivity index (χ0n) is 12.1. The monoisotopic (exact) mass is 273 g/mol. The molecule has 0 spiro atoms. The minimum absolute atomic E-state index is 0.0598. The summed E-state index contributed by atoms with van der Waals surface area (Å²) < 4.78 is 1.72. The van der Waals surface area contributed by atoms with E-state index in [1.54, 1.807) is 4.68 Å². The van der Waals surface area contributed by atoms with Crippen molar-refractivity contribution in [3.63, 3.8) is 0 Å². The second-order valence-corrected chi connectivity index (χ2v) is 4.79. The first-order valence-electron chi connectivity index (χ1n) is 6.27. The lowest BCUT2D eigenvalue weighted by atomic mass is 10.2. The maximum Gasteiger partial charge on any atom is 0.175 e. The maximum absolute atomic E-state index is 8.94. The third-order valence-corrected chi connectivity index (χ3v) is 3.29. The fourth-order valence-electron chi connectivity index (χ4n) is 2.27. The van der Waals surface area contributed by atoms with Crippen LogP contribution in [0.3, 0.4) is 0 Å². The topological polar surface area (TPSA) is 79.7 Å². The minimum Gasteiger partial charge on any atom is -0.409 e. The summed E-state index contributed by atoms with van der Waals surface area (Å²) >= 11 is 0. The molecule has 6 nitrogen and oxygen atoms in total. The van der Waals surface area contributed by atoms with Gasteiger partial charge in [0, 0.05) is 19.8 Å². The van der Waals surface area contributed by atoms with Gasteiger partial charge in [0.25, 0.3) is 0 Å². The van der Waals surface area contributed by atoms with Gasteiger partial charge in [0.2, 0.25) is 0 Å². The van der Waals surface area contributed by atoms with Gasteiger partial charge in [-0.25, -0.2) is 0 Å². The first-order valence-corrected chi connectivity index (χ1v) is 6.27. The Labute approximate surface area is 118 Å². The lowest BCUT2D eigenvalue weighted by Gasteiger charge is -2.21. The molecule has 1 heterocycles. The largest absolute Gasteiger partial charge is 0.409 e. The van der Waals surface area contributed by atoms with E-state index in [0.29, 0.717) is 5.56 Å². The van der Waals surface area contributed by atoms with Crippen molar-refractivity contribution in [3.8, 4) is 0 Å². The molecule has 2 rings (SSSR count). The Kier molecular flexibility index (Phi) is 3.65. The van der Waals surface area contributed by atoms with Crippen LogP contribution in [0.1, 0.15) is 16.8 Å². The van der Waals surface area contributed by atoms with Crippen LogP contribution >= 0.6 is 0 Å². The molecule has 6 heteroatoms. The van der Waals surface area contributed by atoms with Crippen LogP contribution in [0.25, 0.3) is 0 Å². The van der Waals surface area contributed by atoms with Crippen LogP contribution in [-0.4, -0.2) is 27.9 Å². The van der Waals surface area contributed by atoms with Gasteiger partial charge in [0.05, 0.1) is 11.3 Å². The van der Waals surface area contributed by atoms with Gasteiger partial charge in [0.15, 0.2) is 5.84 Å². The lowest BCUT2D eigenvalue weighted by Crippen LogP contribution is -2.21. The zero-order valence-corrected chi connectivity index (χ0v) is 12.1. The van der Waals surface area contributed by atoms with Crippen molar-refractivity contribution in [2.45, 2.75) is 13.8 Å². The molecular weight excluding hydrogens is 254 g/mol. The first kappa shape index (κ1) is 13.9. The number of aryl methyl sites for hydroxylation is 3. The smallest absolute Gasteiger partial charge is 0.175 e. The van der Waals surface area contributed by atoms with Crippen molar-refractivity contribution in [3.05, 3.63) is 41.1 Å². The van der Waals surface area contributed by atoms with E-state index in [4.69, 9.17) is 10.9 Å². The number of benzene rings is 1. The molecular formula is C14H19N5O. The summed E-state index contributed by atoms with van der Waals surface area (Å²) in [7, 11) is 3.76. The highest BCUT2D eigenvalue weighted by Gasteiger charge is 2.21. The van der Waals surface area contributed by atoms with Gasteiger partial charge in [-0.15, -0.1) is 0 Å². The molecule has 2 aromatic rings. The van der Waals surface area contributed by atoms with Crippen LogP contribution in [-0.2, 0) is 7.05 Å². The molecule has 0 aliphatic rings. The number of anilines is 2. The summed E-state index contributed by atoms with van der Waals surface area (Å²) in [5, 5.41) is 16.4. The Morgan fingerprint density at radius 3 is 2.45 bits per heavy atom. The molecule has 0 aliphatic carbocycles. The predicted molar refractivity (Wildman–Crippen MR) is 79.7 cm³/mol. The van der Waals surface area contributed by atoms with Crippen molar-refractivity contribution in [1.82, 2.24) is 9.78 Å². The van der Waals surface area contributed by atoms with E-state index in [-0.39, 0.29) is 5.84 Å². The molecule has 20 heavy (non-hydrogen) atoms. The van der Waals surface area contributed by atoms with Gasteiger partial charge in [0.1, 0.15) is 5.82 Å². The molecule has 1 aromatic heterocycles. The average molecular weight is 273 g/mol. The van der Waals surface area contributed by atoms with E-state index in [9.17, 15) is 0 Å². The van der Waals surface area contributed by atoms with Gasteiger partial charge >= 0.3 is 0 Å². The Hall–Kier alpha value is -2.50. The molecule has 0 saturated heterocycles. The van der Waals surface area contributed by atoms with Crippen molar-refractivity contribution < 1.29 is 5.21 Å². The van der Waals surface area contributed by atoms with Gasteiger partial charge in [-0.2, -0.15) is 5.10 Å². The quantitative estimate of drug-likeness (QED) is 0.387. The highest BCUT2D eigenvalue weighted by molar-refractivity contribution is 6.03. The number of hydrogen-bond acceptors (Lipinski definition) is 4. The molecule has 0 saturated carbocycles. The van der Waals surface area contributed by atoms with Crippen LogP contribution in [0.2, 0.25) is 0 Å². The van der Waals surface area contributed by atoms with E-state index < -0.39 is 0 Å². The maximum atomic E-state index is 8.94. The van der Waals surface area contributed by atoms with Crippen molar-refractivity contribution >= 4 is 17.3 Å². The Bertz CT molecular complexity index is 642. The SMILES string of the molecule is Cc1ccc(N(C)c2c(C(N)=NO)c(C)nn2C)cc1. The summed E-state index contributed by atoms with van der Waals surface area (Å²) in [4.78, 5) is 1.97. The van der Waals surface area contributed by atoms with Gasteiger partial charge in [-0.1, -0.05) is 22.9 Å². The van der Waals surface area contributed by atoms with E-state index in [1.165, 1.54) is 5.56 Å². The standard InChI is InChI=1S/C14H19N5O/c1-9-5-7-11(8-6-9)18(3)14-12(13(15)17-20)10(2)16-19(14)4/h5-8,20H,1-4H3,(H2,15,17). The summed E-state index contributed by atoms with van der Waals surface area (Å²) in [5.41, 5.74) is 9.33. The molecule has 3 N–H and O–H groups in total. The summed E-state index contributed by atoms with van der Waals surface area (Å²) in [6, 6.07) is 8.12. The summed E-state index contributed by atoms with van der Waals surface area (Å²) in [5.74, 6) is 0.839. The van der Waals surface area contributed by atoms with Crippen molar-refractivity contribution in [1.29, 1.82) is 0 Å². The van der Waals surface area contributed by atoms with E-state index in [1.807, 2.05) is 57.1 Å². The second-order valence-electron chi connectivity index (χ2n) is 4.79. The molecule has 106 valence electrons. The lowest BCUT2D eigenvalue weighted by molar-refractivity contribution is 0.318. The number of amidine groups is 1. The molecule has 1 aromatic carbocycles. The van der Waals surface area contributed by atoms with Crippen molar-refractivity contribution in [2.24, 2.45) is 17.9 Å². The second kappa shape index (κ2) is 5.24. The molecule has 0 bridgehead atoms. The van der Waals surface area contributed by atoms with E-state index >= 15 is 0 Å². The molecule has 0 atom stereocenters. The Morgan fingerprint density at radius 1 is 1.30 bits per heavy atom. The Morgan fingerprint density at radius 2 is 1.90 bits per heavy atom. The van der Waals surface area contributed by atoms with E-state index in [0.717, 1.165) is 17.2 Å². The van der Waals surface area contributed by atoms with Crippen LogP contribution in [0.4, 0.5) is 11.5 Å². The van der Waals surface area contributed by atoms with Crippen LogP contribution < -0.4 is 10.6 Å². The van der Waals surface area contributed by atoms with Crippen molar-refractivity contribution in [2.75, 3.05) is 11.9 Å². The van der Waals surface area contributed by atoms with Gasteiger partial charge < -0.3 is 15.8 Å². The fraction of sp³-hybridized carbons (Fsp3) is 0.286. The molecule has 0 aliphatic heterocycles. The molecule has 0 unspecified atom stereocenters. The number of nitrogens with two attached hydrogens (primary N) is 1. The van der Waals surface area contributed by atoms with Gasteiger partial charge in [-0.3, -0.25) is 4.68 Å². The van der Waals surface area contributed by atoms with Crippen LogP contribution in [0.5, 0.6) is 0 Å². The highest BCUT2D eigenvalue weighted by Crippen LogP contribution is 2.28. The highest BCUT2D eigenvalue weighted by atomic mass is 16.4. The number of oxime groups is 1. The first-order chi connectivity index (χ1) is 9.45. The van der Waals surface area contributed by atoms with Gasteiger partial charge in [-0.05, 0) is 26.0 Å². The number of nitrogens with zero attached hydrogens (tertiary/aromatic N) is 4. The molecule has 0 radical (unpaired) electrons. The fourth-order valence-corrected chi connectivity index (χ4v) is 2.27. The number of rotatable bonds is 3. The van der Waals surface area contributed by atoms with E-state index in [2.05, 4.69) is 10.3 Å². The third kappa shape index (κ3) is 2.32. The van der Waals surface area contributed by atoms with Crippen LogP contribution in [0, 0.1) is 13.8 Å². The summed E-state index contributed by atoms with van der Waals surface area (Å²) in [6.07, 6.45) is 0. The number of aromatic nitrogens is 2. The normalized spacial score (nSPS) is 11.7. The Balaban J connectivity index is 2.54.